The van der Waals surface area contributed by atoms with Gasteiger partial charge in [-0.3, -0.25) is 9.59 Å². The second-order valence-corrected chi connectivity index (χ2v) is 5.06. The minimum Gasteiger partial charge on any atom is -0.484 e. The van der Waals surface area contributed by atoms with Crippen molar-refractivity contribution in [2.24, 2.45) is 5.92 Å². The summed E-state index contributed by atoms with van der Waals surface area (Å²) in [6.07, 6.45) is 0. The average molecular weight is 279 g/mol. The van der Waals surface area contributed by atoms with Crippen LogP contribution in [0.5, 0.6) is 5.75 Å². The van der Waals surface area contributed by atoms with Crippen molar-refractivity contribution in [3.63, 3.8) is 0 Å². The van der Waals surface area contributed by atoms with Gasteiger partial charge < -0.3 is 15.2 Å². The van der Waals surface area contributed by atoms with E-state index in [-0.39, 0.29) is 19.1 Å². The first kappa shape index (κ1) is 16.0. The summed E-state index contributed by atoms with van der Waals surface area (Å²) in [5, 5.41) is 11.2. The fourth-order valence-corrected chi connectivity index (χ4v) is 1.50. The summed E-state index contributed by atoms with van der Waals surface area (Å²) in [4.78, 5) is 22.1. The summed E-state index contributed by atoms with van der Waals surface area (Å²) >= 11 is 0. The molecule has 5 heteroatoms. The van der Waals surface area contributed by atoms with Gasteiger partial charge in [-0.25, -0.2) is 0 Å². The van der Waals surface area contributed by atoms with Gasteiger partial charge >= 0.3 is 5.97 Å². The van der Waals surface area contributed by atoms with E-state index in [1.54, 1.807) is 0 Å². The van der Waals surface area contributed by atoms with Crippen LogP contribution in [0.3, 0.4) is 0 Å². The molecule has 0 saturated carbocycles. The second-order valence-electron chi connectivity index (χ2n) is 5.06. The van der Waals surface area contributed by atoms with Crippen LogP contribution in [-0.4, -0.2) is 30.1 Å². The van der Waals surface area contributed by atoms with Gasteiger partial charge in [0, 0.05) is 6.54 Å². The van der Waals surface area contributed by atoms with Gasteiger partial charge in [-0.1, -0.05) is 32.9 Å². The molecule has 20 heavy (non-hydrogen) atoms. The van der Waals surface area contributed by atoms with E-state index in [0.717, 1.165) is 0 Å². The Morgan fingerprint density at radius 1 is 1.20 bits per heavy atom. The summed E-state index contributed by atoms with van der Waals surface area (Å²) in [6.45, 7) is 5.73. The highest BCUT2D eigenvalue weighted by molar-refractivity contribution is 5.78. The zero-order chi connectivity index (χ0) is 15.1. The Bertz CT molecular complexity index is 453. The van der Waals surface area contributed by atoms with E-state index in [4.69, 9.17) is 9.84 Å². The fraction of sp³-hybridized carbons (Fsp3) is 0.467. The lowest BCUT2D eigenvalue weighted by molar-refractivity contribution is -0.141. The molecule has 0 heterocycles. The lowest BCUT2D eigenvalue weighted by atomic mass is 10.0. The number of hydrogen-bond donors (Lipinski definition) is 2. The minimum atomic E-state index is -0.935. The molecule has 5 nitrogen and oxygen atoms in total. The van der Waals surface area contributed by atoms with Gasteiger partial charge in [-0.15, -0.1) is 0 Å². The second kappa shape index (κ2) is 7.53. The highest BCUT2D eigenvalue weighted by Crippen LogP contribution is 2.18. The Balaban J connectivity index is 2.35. The number of carboxylic acids is 1. The molecular formula is C15H21NO4. The molecule has 0 saturated heterocycles. The van der Waals surface area contributed by atoms with Gasteiger partial charge in [0.25, 0.3) is 5.91 Å². The molecule has 110 valence electrons. The third-order valence-corrected chi connectivity index (χ3v) is 2.94. The summed E-state index contributed by atoms with van der Waals surface area (Å²) in [7, 11) is 0. The molecule has 2 N–H and O–H groups in total. The molecule has 0 fully saturated rings. The number of carbonyl (C=O) groups excluding carboxylic acids is 1. The first-order valence-corrected chi connectivity index (χ1v) is 6.62. The summed E-state index contributed by atoms with van der Waals surface area (Å²) < 4.78 is 5.34. The summed E-state index contributed by atoms with van der Waals surface area (Å²) in [5.74, 6) is -0.800. The zero-order valence-electron chi connectivity index (χ0n) is 12.1. The Kier molecular flexibility index (Phi) is 6.03. The molecule has 1 amide bonds. The van der Waals surface area contributed by atoms with Crippen molar-refractivity contribution in [1.29, 1.82) is 0 Å². The van der Waals surface area contributed by atoms with E-state index in [1.165, 1.54) is 12.5 Å². The molecule has 1 unspecified atom stereocenters. The molecule has 0 aliphatic rings. The molecule has 1 aromatic rings. The van der Waals surface area contributed by atoms with Crippen LogP contribution in [0, 0.1) is 5.92 Å². The molecule has 1 rings (SSSR count). The monoisotopic (exact) mass is 279 g/mol. The summed E-state index contributed by atoms with van der Waals surface area (Å²) in [5.41, 5.74) is 1.21. The van der Waals surface area contributed by atoms with Gasteiger partial charge in [0.2, 0.25) is 0 Å². The number of ether oxygens (including phenoxy) is 1. The molecule has 0 radical (unpaired) electrons. The predicted octanol–water partition coefficient (Wildman–Crippen LogP) is 2.03. The first-order chi connectivity index (χ1) is 9.40. The maximum atomic E-state index is 11.5. The van der Waals surface area contributed by atoms with Crippen LogP contribution in [0.25, 0.3) is 0 Å². The van der Waals surface area contributed by atoms with Gasteiger partial charge in [-0.05, 0) is 23.6 Å². The van der Waals surface area contributed by atoms with Crippen molar-refractivity contribution in [2.45, 2.75) is 26.7 Å². The van der Waals surface area contributed by atoms with Gasteiger partial charge in [-0.2, -0.15) is 0 Å². The number of hydrogen-bond acceptors (Lipinski definition) is 3. The van der Waals surface area contributed by atoms with E-state index >= 15 is 0 Å². The van der Waals surface area contributed by atoms with Gasteiger partial charge in [0.15, 0.2) is 6.61 Å². The normalized spacial score (nSPS) is 12.0. The lowest BCUT2D eigenvalue weighted by Gasteiger charge is -2.10. The zero-order valence-corrected chi connectivity index (χ0v) is 12.1. The topological polar surface area (TPSA) is 75.6 Å². The molecule has 1 aromatic carbocycles. The molecule has 0 aliphatic carbocycles. The number of rotatable bonds is 7. The van der Waals surface area contributed by atoms with Crippen molar-refractivity contribution < 1.29 is 19.4 Å². The van der Waals surface area contributed by atoms with Crippen molar-refractivity contribution in [2.75, 3.05) is 13.2 Å². The number of nitrogens with one attached hydrogen (secondary N) is 1. The van der Waals surface area contributed by atoms with E-state index in [2.05, 4.69) is 19.2 Å². The SMILES string of the molecule is CC(CNC(=O)COc1ccc(C(C)C)cc1)C(=O)O. The van der Waals surface area contributed by atoms with E-state index < -0.39 is 11.9 Å². The van der Waals surface area contributed by atoms with Crippen molar-refractivity contribution in [1.82, 2.24) is 5.32 Å². The molecule has 1 atom stereocenters. The van der Waals surface area contributed by atoms with Gasteiger partial charge in [0.05, 0.1) is 5.92 Å². The van der Waals surface area contributed by atoms with E-state index in [0.29, 0.717) is 11.7 Å². The Hall–Kier alpha value is -2.04. The highest BCUT2D eigenvalue weighted by Gasteiger charge is 2.12. The van der Waals surface area contributed by atoms with Crippen molar-refractivity contribution >= 4 is 11.9 Å². The Labute approximate surface area is 118 Å². The number of aliphatic carboxylic acids is 1. The first-order valence-electron chi connectivity index (χ1n) is 6.62. The molecule has 0 spiro atoms. The van der Waals surface area contributed by atoms with Crippen LogP contribution in [0.2, 0.25) is 0 Å². The average Bonchev–Trinajstić information content (AvgIpc) is 2.42. The smallest absolute Gasteiger partial charge is 0.308 e. The van der Waals surface area contributed by atoms with Gasteiger partial charge in [0.1, 0.15) is 5.75 Å². The number of benzene rings is 1. The number of carbonyl (C=O) groups is 2. The fourth-order valence-electron chi connectivity index (χ4n) is 1.50. The predicted molar refractivity (Wildman–Crippen MR) is 75.8 cm³/mol. The molecule has 0 aromatic heterocycles. The molecule has 0 bridgehead atoms. The van der Waals surface area contributed by atoms with Crippen LogP contribution in [0.4, 0.5) is 0 Å². The number of carboxylic acid groups (broad SMARTS) is 1. The Morgan fingerprint density at radius 3 is 2.30 bits per heavy atom. The van der Waals surface area contributed by atoms with Crippen molar-refractivity contribution in [3.05, 3.63) is 29.8 Å². The van der Waals surface area contributed by atoms with Crippen LogP contribution in [0.15, 0.2) is 24.3 Å². The van der Waals surface area contributed by atoms with Crippen molar-refractivity contribution in [3.8, 4) is 5.75 Å². The molecule has 0 aliphatic heterocycles. The van der Waals surface area contributed by atoms with Crippen LogP contribution in [-0.2, 0) is 9.59 Å². The van der Waals surface area contributed by atoms with E-state index in [1.807, 2.05) is 24.3 Å². The standard InChI is InChI=1S/C15H21NO4/c1-10(2)12-4-6-13(7-5-12)20-9-14(17)16-8-11(3)15(18)19/h4-7,10-11H,8-9H2,1-3H3,(H,16,17)(H,18,19). The quantitative estimate of drug-likeness (QED) is 0.800. The molecular weight excluding hydrogens is 258 g/mol. The maximum absolute atomic E-state index is 11.5. The third-order valence-electron chi connectivity index (χ3n) is 2.94. The van der Waals surface area contributed by atoms with E-state index in [9.17, 15) is 9.59 Å². The largest absolute Gasteiger partial charge is 0.484 e. The highest BCUT2D eigenvalue weighted by atomic mass is 16.5. The maximum Gasteiger partial charge on any atom is 0.308 e. The summed E-state index contributed by atoms with van der Waals surface area (Å²) in [6, 6.07) is 7.57. The van der Waals surface area contributed by atoms with Crippen LogP contribution < -0.4 is 10.1 Å². The van der Waals surface area contributed by atoms with Crippen LogP contribution in [0.1, 0.15) is 32.3 Å². The third kappa shape index (κ3) is 5.30. The lowest BCUT2D eigenvalue weighted by Crippen LogP contribution is -2.34. The van der Waals surface area contributed by atoms with Crippen LogP contribution >= 0.6 is 0 Å². The Morgan fingerprint density at radius 2 is 1.80 bits per heavy atom. The number of amides is 1. The minimum absolute atomic E-state index is 0.101.